The van der Waals surface area contributed by atoms with E-state index >= 15 is 0 Å². The molecule has 0 aliphatic carbocycles. The van der Waals surface area contributed by atoms with Gasteiger partial charge in [-0.1, -0.05) is 12.1 Å². The minimum Gasteiger partial charge on any atom is -0.377 e. The van der Waals surface area contributed by atoms with Crippen LogP contribution >= 0.6 is 0 Å². The van der Waals surface area contributed by atoms with E-state index in [1.165, 1.54) is 0 Å². The fourth-order valence-electron chi connectivity index (χ4n) is 2.69. The number of hydrogen-bond donors (Lipinski definition) is 2. The Morgan fingerprint density at radius 1 is 1.48 bits per heavy atom. The number of nitrogens with one attached hydrogen (secondary N) is 1. The van der Waals surface area contributed by atoms with Crippen LogP contribution in [0.25, 0.3) is 0 Å². The summed E-state index contributed by atoms with van der Waals surface area (Å²) in [6.07, 6.45) is 1.66. The van der Waals surface area contributed by atoms with E-state index in [0.29, 0.717) is 11.3 Å². The third-order valence-electron chi connectivity index (χ3n) is 3.75. The Balaban J connectivity index is 1.99. The number of carbonyl (C=O) groups is 1. The lowest BCUT2D eigenvalue weighted by molar-refractivity contribution is -0.384. The van der Waals surface area contributed by atoms with Crippen molar-refractivity contribution in [2.45, 2.75) is 25.8 Å². The van der Waals surface area contributed by atoms with Gasteiger partial charge >= 0.3 is 0 Å². The van der Waals surface area contributed by atoms with Crippen molar-refractivity contribution in [3.05, 3.63) is 33.9 Å². The summed E-state index contributed by atoms with van der Waals surface area (Å²) < 4.78 is 0. The molecule has 114 valence electrons. The third kappa shape index (κ3) is 3.91. The van der Waals surface area contributed by atoms with E-state index in [0.717, 1.165) is 25.9 Å². The van der Waals surface area contributed by atoms with Gasteiger partial charge in [-0.25, -0.2) is 0 Å². The number of nitro groups is 1. The second-order valence-corrected chi connectivity index (χ2v) is 5.39. The Hall–Kier alpha value is -2.15. The number of likely N-dealkylation sites (tertiary alicyclic amines) is 1. The summed E-state index contributed by atoms with van der Waals surface area (Å²) in [4.78, 5) is 23.7. The van der Waals surface area contributed by atoms with E-state index in [4.69, 9.17) is 5.73 Å². The van der Waals surface area contributed by atoms with Crippen LogP contribution in [0.1, 0.15) is 18.4 Å². The van der Waals surface area contributed by atoms with Crippen LogP contribution in [0.5, 0.6) is 0 Å². The largest absolute Gasteiger partial charge is 0.377 e. The van der Waals surface area contributed by atoms with E-state index in [9.17, 15) is 14.9 Å². The van der Waals surface area contributed by atoms with Gasteiger partial charge in [-0.05, 0) is 25.8 Å². The molecule has 0 spiro atoms. The number of nitrogens with zero attached hydrogens (tertiary/aromatic N) is 2. The van der Waals surface area contributed by atoms with Crippen molar-refractivity contribution in [3.63, 3.8) is 0 Å². The summed E-state index contributed by atoms with van der Waals surface area (Å²) in [5.41, 5.74) is 6.53. The summed E-state index contributed by atoms with van der Waals surface area (Å²) in [6.45, 7) is 3.54. The van der Waals surface area contributed by atoms with Gasteiger partial charge in [-0.15, -0.1) is 0 Å². The first-order valence-corrected chi connectivity index (χ1v) is 6.98. The highest BCUT2D eigenvalue weighted by atomic mass is 16.6. The Labute approximate surface area is 123 Å². The Bertz CT molecular complexity index is 539. The van der Waals surface area contributed by atoms with E-state index in [1.54, 1.807) is 19.1 Å². The first kappa shape index (κ1) is 15.2. The Morgan fingerprint density at radius 2 is 2.14 bits per heavy atom. The molecule has 0 saturated carbocycles. The zero-order valence-electron chi connectivity index (χ0n) is 12.0. The molecular weight excluding hydrogens is 272 g/mol. The maximum Gasteiger partial charge on any atom is 0.295 e. The van der Waals surface area contributed by atoms with Gasteiger partial charge in [0.2, 0.25) is 5.91 Å². The number of anilines is 1. The van der Waals surface area contributed by atoms with Crippen LogP contribution in [0.4, 0.5) is 11.4 Å². The number of carbonyl (C=O) groups excluding carboxylic acids is 1. The highest BCUT2D eigenvalue weighted by molar-refractivity contribution is 5.75. The molecule has 7 nitrogen and oxygen atoms in total. The van der Waals surface area contributed by atoms with Crippen LogP contribution in [0, 0.1) is 17.0 Å². The van der Waals surface area contributed by atoms with E-state index < -0.39 is 0 Å². The highest BCUT2D eigenvalue weighted by Gasteiger charge is 2.23. The fourth-order valence-corrected chi connectivity index (χ4v) is 2.69. The van der Waals surface area contributed by atoms with Crippen LogP contribution in [-0.2, 0) is 4.79 Å². The van der Waals surface area contributed by atoms with Crippen molar-refractivity contribution >= 4 is 17.3 Å². The van der Waals surface area contributed by atoms with Gasteiger partial charge in [-0.3, -0.25) is 19.8 Å². The van der Waals surface area contributed by atoms with Crippen molar-refractivity contribution in [1.82, 2.24) is 4.90 Å². The van der Waals surface area contributed by atoms with Gasteiger partial charge < -0.3 is 11.1 Å². The standard InChI is InChI=1S/C14H20N4O3/c1-10-3-2-4-12(14(10)18(20)21)16-11-5-7-17(8-6-11)9-13(15)19/h2-4,11,16H,5-9H2,1H3,(H2,15,19). The second kappa shape index (κ2) is 6.53. The lowest BCUT2D eigenvalue weighted by Gasteiger charge is -2.31. The number of primary amides is 1. The van der Waals surface area contributed by atoms with E-state index in [2.05, 4.69) is 5.32 Å². The monoisotopic (exact) mass is 292 g/mol. The summed E-state index contributed by atoms with van der Waals surface area (Å²) in [7, 11) is 0. The minimum atomic E-state index is -0.347. The predicted molar refractivity (Wildman–Crippen MR) is 80.1 cm³/mol. The smallest absolute Gasteiger partial charge is 0.295 e. The van der Waals surface area contributed by atoms with Gasteiger partial charge in [-0.2, -0.15) is 0 Å². The van der Waals surface area contributed by atoms with Crippen molar-refractivity contribution in [2.24, 2.45) is 5.73 Å². The van der Waals surface area contributed by atoms with Crippen molar-refractivity contribution in [1.29, 1.82) is 0 Å². The quantitative estimate of drug-likeness (QED) is 0.628. The summed E-state index contributed by atoms with van der Waals surface area (Å²) in [5, 5.41) is 14.4. The molecule has 0 aromatic heterocycles. The van der Waals surface area contributed by atoms with Crippen LogP contribution < -0.4 is 11.1 Å². The van der Waals surface area contributed by atoms with Gasteiger partial charge in [0.1, 0.15) is 5.69 Å². The van der Waals surface area contributed by atoms with Gasteiger partial charge in [0.15, 0.2) is 0 Å². The minimum absolute atomic E-state index is 0.136. The summed E-state index contributed by atoms with van der Waals surface area (Å²) in [5.74, 6) is -0.323. The first-order valence-electron chi connectivity index (χ1n) is 6.98. The van der Waals surface area contributed by atoms with Gasteiger partial charge in [0.25, 0.3) is 5.69 Å². The molecule has 1 amide bonds. The van der Waals surface area contributed by atoms with Crippen molar-refractivity contribution in [2.75, 3.05) is 25.0 Å². The van der Waals surface area contributed by atoms with Crippen LogP contribution in [0.15, 0.2) is 18.2 Å². The predicted octanol–water partition coefficient (Wildman–Crippen LogP) is 1.26. The normalized spacial score (nSPS) is 16.6. The molecular formula is C14H20N4O3. The SMILES string of the molecule is Cc1cccc(NC2CCN(CC(N)=O)CC2)c1[N+](=O)[O-]. The number of amides is 1. The molecule has 0 radical (unpaired) electrons. The molecule has 0 unspecified atom stereocenters. The molecule has 1 fully saturated rings. The third-order valence-corrected chi connectivity index (χ3v) is 3.75. The zero-order valence-corrected chi connectivity index (χ0v) is 12.0. The van der Waals surface area contributed by atoms with E-state index in [-0.39, 0.29) is 29.1 Å². The fraction of sp³-hybridized carbons (Fsp3) is 0.500. The maximum atomic E-state index is 11.2. The summed E-state index contributed by atoms with van der Waals surface area (Å²) >= 11 is 0. The lowest BCUT2D eigenvalue weighted by Crippen LogP contribution is -2.43. The van der Waals surface area contributed by atoms with Crippen LogP contribution in [-0.4, -0.2) is 41.4 Å². The molecule has 0 atom stereocenters. The first-order chi connectivity index (χ1) is 9.97. The number of piperidine rings is 1. The van der Waals surface area contributed by atoms with Crippen LogP contribution in [0.3, 0.4) is 0 Å². The number of benzene rings is 1. The Morgan fingerprint density at radius 3 is 2.71 bits per heavy atom. The number of nitro benzene ring substituents is 1. The Kier molecular flexibility index (Phi) is 4.74. The number of aryl methyl sites for hydroxylation is 1. The molecule has 2 rings (SSSR count). The molecule has 1 heterocycles. The number of nitrogens with two attached hydrogens (primary N) is 1. The summed E-state index contributed by atoms with van der Waals surface area (Å²) in [6, 6.07) is 5.46. The zero-order chi connectivity index (χ0) is 15.4. The molecule has 1 saturated heterocycles. The topological polar surface area (TPSA) is 102 Å². The van der Waals surface area contributed by atoms with E-state index in [1.807, 2.05) is 11.0 Å². The highest BCUT2D eigenvalue weighted by Crippen LogP contribution is 2.29. The second-order valence-electron chi connectivity index (χ2n) is 5.39. The molecule has 0 bridgehead atoms. The molecule has 1 aromatic carbocycles. The average molecular weight is 292 g/mol. The average Bonchev–Trinajstić information content (AvgIpc) is 2.40. The van der Waals surface area contributed by atoms with Gasteiger partial charge in [0.05, 0.1) is 11.5 Å². The molecule has 1 aliphatic rings. The number of rotatable bonds is 5. The number of hydrogen-bond acceptors (Lipinski definition) is 5. The molecule has 7 heteroatoms. The lowest BCUT2D eigenvalue weighted by atomic mass is 10.0. The molecule has 21 heavy (non-hydrogen) atoms. The molecule has 1 aromatic rings. The molecule has 1 aliphatic heterocycles. The number of para-hydroxylation sites is 1. The van der Waals surface area contributed by atoms with Crippen LogP contribution in [0.2, 0.25) is 0 Å². The van der Waals surface area contributed by atoms with Crippen molar-refractivity contribution in [3.8, 4) is 0 Å². The van der Waals surface area contributed by atoms with Crippen molar-refractivity contribution < 1.29 is 9.72 Å². The van der Waals surface area contributed by atoms with Gasteiger partial charge in [0, 0.05) is 24.7 Å². The molecule has 3 N–H and O–H groups in total. The maximum absolute atomic E-state index is 11.2.